The lowest BCUT2D eigenvalue weighted by Gasteiger charge is -2.44. The highest BCUT2D eigenvalue weighted by molar-refractivity contribution is 5.25. The van der Waals surface area contributed by atoms with Gasteiger partial charge in [-0.05, 0) is 55.1 Å². The van der Waals surface area contributed by atoms with Crippen molar-refractivity contribution in [3.8, 4) is 0 Å². The molecule has 0 radical (unpaired) electrons. The Balaban J connectivity index is 1.58. The first-order valence-electron chi connectivity index (χ1n) is 10.2. The van der Waals surface area contributed by atoms with Crippen LogP contribution < -0.4 is 0 Å². The summed E-state index contributed by atoms with van der Waals surface area (Å²) in [7, 11) is 0. The Kier molecular flexibility index (Phi) is 5.42. The first-order chi connectivity index (χ1) is 12.7. The molecule has 2 nitrogen and oxygen atoms in total. The fourth-order valence-corrected chi connectivity index (χ4v) is 5.52. The smallest absolute Gasteiger partial charge is 0.0611 e. The number of aliphatic hydroxyl groups excluding tert-OH is 2. The molecular weight excluding hydrogens is 320 g/mol. The van der Waals surface area contributed by atoms with E-state index in [1.54, 1.807) is 0 Å². The van der Waals surface area contributed by atoms with Crippen molar-refractivity contribution < 1.29 is 10.2 Å². The lowest BCUT2D eigenvalue weighted by molar-refractivity contribution is 0.0161. The molecule has 0 bridgehead atoms. The van der Waals surface area contributed by atoms with Crippen LogP contribution in [0.5, 0.6) is 0 Å². The van der Waals surface area contributed by atoms with Crippen LogP contribution in [0.4, 0.5) is 0 Å². The minimum atomic E-state index is -0.239. The zero-order valence-electron chi connectivity index (χ0n) is 15.4. The van der Waals surface area contributed by atoms with Crippen molar-refractivity contribution >= 4 is 0 Å². The molecule has 2 aliphatic carbocycles. The topological polar surface area (TPSA) is 40.5 Å². The van der Waals surface area contributed by atoms with Crippen molar-refractivity contribution in [3.05, 3.63) is 71.8 Å². The molecule has 0 aromatic heterocycles. The number of benzene rings is 2. The summed E-state index contributed by atoms with van der Waals surface area (Å²) < 4.78 is 0. The molecule has 2 N–H and O–H groups in total. The standard InChI is InChI=1S/C24H30O2/c25-22-15-14-19(16-21(22)17-8-3-1-4-9-17)20-12-7-13-23(26)24(20)18-10-5-2-6-11-18/h1-6,8-11,19-26H,7,12-16H2. The Morgan fingerprint density at radius 1 is 0.654 bits per heavy atom. The summed E-state index contributed by atoms with van der Waals surface area (Å²) in [6.07, 6.45) is 5.72. The van der Waals surface area contributed by atoms with Crippen molar-refractivity contribution in [3.63, 3.8) is 0 Å². The average Bonchev–Trinajstić information content (AvgIpc) is 2.69. The van der Waals surface area contributed by atoms with Crippen molar-refractivity contribution in [1.29, 1.82) is 0 Å². The van der Waals surface area contributed by atoms with Crippen molar-refractivity contribution in [1.82, 2.24) is 0 Å². The second kappa shape index (κ2) is 7.94. The van der Waals surface area contributed by atoms with Gasteiger partial charge in [-0.3, -0.25) is 0 Å². The Morgan fingerprint density at radius 3 is 2.00 bits per heavy atom. The van der Waals surface area contributed by atoms with Gasteiger partial charge in [0, 0.05) is 11.8 Å². The van der Waals surface area contributed by atoms with Crippen LogP contribution in [-0.4, -0.2) is 22.4 Å². The molecule has 138 valence electrons. The van der Waals surface area contributed by atoms with E-state index in [4.69, 9.17) is 0 Å². The zero-order chi connectivity index (χ0) is 17.9. The molecule has 0 spiro atoms. The molecule has 0 amide bonds. The lowest BCUT2D eigenvalue weighted by Crippen LogP contribution is -2.38. The maximum atomic E-state index is 10.8. The second-order valence-corrected chi connectivity index (χ2v) is 8.26. The van der Waals surface area contributed by atoms with Gasteiger partial charge >= 0.3 is 0 Å². The van der Waals surface area contributed by atoms with E-state index in [2.05, 4.69) is 54.6 Å². The summed E-state index contributed by atoms with van der Waals surface area (Å²) >= 11 is 0. The van der Waals surface area contributed by atoms with E-state index in [0.29, 0.717) is 11.8 Å². The van der Waals surface area contributed by atoms with Gasteiger partial charge in [0.25, 0.3) is 0 Å². The monoisotopic (exact) mass is 350 g/mol. The molecule has 2 fully saturated rings. The summed E-state index contributed by atoms with van der Waals surface area (Å²) in [5.74, 6) is 1.55. The van der Waals surface area contributed by atoms with Gasteiger partial charge in [-0.2, -0.15) is 0 Å². The molecule has 2 aliphatic rings. The van der Waals surface area contributed by atoms with E-state index >= 15 is 0 Å². The molecule has 2 saturated carbocycles. The molecule has 6 unspecified atom stereocenters. The van der Waals surface area contributed by atoms with Gasteiger partial charge in [-0.1, -0.05) is 67.1 Å². The van der Waals surface area contributed by atoms with Crippen LogP contribution >= 0.6 is 0 Å². The minimum absolute atomic E-state index is 0.227. The average molecular weight is 351 g/mol. The molecule has 0 saturated heterocycles. The Bertz CT molecular complexity index is 684. The van der Waals surface area contributed by atoms with Crippen LogP contribution in [0.2, 0.25) is 0 Å². The van der Waals surface area contributed by atoms with Gasteiger partial charge in [0.1, 0.15) is 0 Å². The Labute approximate surface area is 156 Å². The molecule has 2 aromatic carbocycles. The van der Waals surface area contributed by atoms with Crippen molar-refractivity contribution in [2.24, 2.45) is 11.8 Å². The van der Waals surface area contributed by atoms with Crippen molar-refractivity contribution in [2.75, 3.05) is 0 Å². The molecule has 0 heterocycles. The third-order valence-corrected chi connectivity index (χ3v) is 6.79. The molecule has 0 aliphatic heterocycles. The highest BCUT2D eigenvalue weighted by Gasteiger charge is 2.41. The molecule has 6 atom stereocenters. The van der Waals surface area contributed by atoms with Gasteiger partial charge in [-0.15, -0.1) is 0 Å². The highest BCUT2D eigenvalue weighted by atomic mass is 16.3. The Morgan fingerprint density at radius 2 is 1.31 bits per heavy atom. The number of hydrogen-bond acceptors (Lipinski definition) is 2. The third kappa shape index (κ3) is 3.58. The second-order valence-electron chi connectivity index (χ2n) is 8.26. The number of aliphatic hydroxyl groups is 2. The normalized spacial score (nSPS) is 35.2. The third-order valence-electron chi connectivity index (χ3n) is 6.79. The Hall–Kier alpha value is -1.64. The van der Waals surface area contributed by atoms with Gasteiger partial charge in [0.05, 0.1) is 12.2 Å². The van der Waals surface area contributed by atoms with Gasteiger partial charge in [-0.25, -0.2) is 0 Å². The predicted molar refractivity (Wildman–Crippen MR) is 105 cm³/mol. The molecule has 4 rings (SSSR count). The van der Waals surface area contributed by atoms with E-state index < -0.39 is 0 Å². The summed E-state index contributed by atoms with van der Waals surface area (Å²) in [4.78, 5) is 0. The molecule has 2 aromatic rings. The van der Waals surface area contributed by atoms with Crippen LogP contribution in [-0.2, 0) is 0 Å². The highest BCUT2D eigenvalue weighted by Crippen LogP contribution is 2.49. The summed E-state index contributed by atoms with van der Waals surface area (Å²) in [6.45, 7) is 0. The van der Waals surface area contributed by atoms with Gasteiger partial charge < -0.3 is 10.2 Å². The fourth-order valence-electron chi connectivity index (χ4n) is 5.52. The van der Waals surface area contributed by atoms with Gasteiger partial charge in [0.15, 0.2) is 0 Å². The van der Waals surface area contributed by atoms with Crippen LogP contribution in [0.25, 0.3) is 0 Å². The van der Waals surface area contributed by atoms with E-state index in [1.165, 1.54) is 17.5 Å². The number of rotatable bonds is 3. The molecular formula is C24H30O2. The van der Waals surface area contributed by atoms with Crippen LogP contribution in [0, 0.1) is 11.8 Å². The lowest BCUT2D eigenvalue weighted by atomic mass is 9.62. The summed E-state index contributed by atoms with van der Waals surface area (Å²) in [5.41, 5.74) is 2.55. The SMILES string of the molecule is OC1CCC(C2CCCC(O)C2c2ccccc2)CC1c1ccccc1. The maximum absolute atomic E-state index is 10.8. The van der Waals surface area contributed by atoms with Crippen LogP contribution in [0.1, 0.15) is 61.5 Å². The molecule has 26 heavy (non-hydrogen) atoms. The quantitative estimate of drug-likeness (QED) is 0.828. The van der Waals surface area contributed by atoms with Crippen LogP contribution in [0.15, 0.2) is 60.7 Å². The summed E-state index contributed by atoms with van der Waals surface area (Å²) in [5, 5.41) is 21.4. The minimum Gasteiger partial charge on any atom is -0.392 e. The first kappa shape index (κ1) is 17.8. The van der Waals surface area contributed by atoms with E-state index in [0.717, 1.165) is 32.1 Å². The fraction of sp³-hybridized carbons (Fsp3) is 0.500. The van der Waals surface area contributed by atoms with Gasteiger partial charge in [0.2, 0.25) is 0 Å². The van der Waals surface area contributed by atoms with E-state index in [-0.39, 0.29) is 24.0 Å². The largest absolute Gasteiger partial charge is 0.392 e. The van der Waals surface area contributed by atoms with E-state index in [1.807, 2.05) is 6.07 Å². The van der Waals surface area contributed by atoms with Crippen molar-refractivity contribution in [2.45, 2.75) is 62.6 Å². The first-order valence-corrected chi connectivity index (χ1v) is 10.2. The zero-order valence-corrected chi connectivity index (χ0v) is 15.4. The maximum Gasteiger partial charge on any atom is 0.0611 e. The predicted octanol–water partition coefficient (Wildman–Crippen LogP) is 4.88. The number of hydrogen-bond donors (Lipinski definition) is 2. The van der Waals surface area contributed by atoms with Crippen LogP contribution in [0.3, 0.4) is 0 Å². The summed E-state index contributed by atoms with van der Waals surface area (Å²) in [6, 6.07) is 21.1. The van der Waals surface area contributed by atoms with E-state index in [9.17, 15) is 10.2 Å². The molecule has 2 heteroatoms.